The molecule has 1 atom stereocenters. The zero-order chi connectivity index (χ0) is 10.6. The quantitative estimate of drug-likeness (QED) is 0.372. The van der Waals surface area contributed by atoms with E-state index < -0.39 is 6.23 Å². The van der Waals surface area contributed by atoms with Crippen molar-refractivity contribution in [2.45, 2.75) is 58.1 Å². The lowest BCUT2D eigenvalue weighted by Gasteiger charge is -2.06. The molecule has 0 rings (SSSR count). The normalized spacial score (nSPS) is 13.1. The fourth-order valence-electron chi connectivity index (χ4n) is 1.41. The van der Waals surface area contributed by atoms with E-state index in [9.17, 15) is 0 Å². The van der Waals surface area contributed by atoms with Crippen LogP contribution >= 0.6 is 0 Å². The first kappa shape index (κ1) is 13.9. The molecule has 0 aromatic heterocycles. The molecule has 0 saturated carbocycles. The molecular formula is C11H26N2O. The second-order valence-electron chi connectivity index (χ2n) is 3.87. The topological polar surface area (TPSA) is 58.3 Å². The first-order valence-corrected chi connectivity index (χ1v) is 5.91. The fourth-order valence-corrected chi connectivity index (χ4v) is 1.41. The minimum Gasteiger partial charge on any atom is -0.379 e. The Bertz CT molecular complexity index is 107. The van der Waals surface area contributed by atoms with Crippen molar-refractivity contribution in [1.82, 2.24) is 5.32 Å². The van der Waals surface area contributed by atoms with E-state index in [0.717, 1.165) is 13.1 Å². The van der Waals surface area contributed by atoms with Crippen LogP contribution in [-0.2, 0) is 0 Å². The maximum atomic E-state index is 8.79. The van der Waals surface area contributed by atoms with Gasteiger partial charge in [-0.1, -0.05) is 39.0 Å². The van der Waals surface area contributed by atoms with Gasteiger partial charge in [0.25, 0.3) is 0 Å². The first-order chi connectivity index (χ1) is 6.77. The maximum Gasteiger partial charge on any atom is 0.103 e. The van der Waals surface area contributed by atoms with E-state index >= 15 is 0 Å². The van der Waals surface area contributed by atoms with Crippen LogP contribution < -0.4 is 11.1 Å². The Kier molecular flexibility index (Phi) is 10.9. The van der Waals surface area contributed by atoms with Crippen LogP contribution in [0.4, 0.5) is 0 Å². The number of aliphatic hydroxyl groups is 1. The summed E-state index contributed by atoms with van der Waals surface area (Å²) < 4.78 is 0. The van der Waals surface area contributed by atoms with Gasteiger partial charge in [0, 0.05) is 0 Å². The molecule has 0 heterocycles. The molecule has 0 spiro atoms. The van der Waals surface area contributed by atoms with Gasteiger partial charge in [-0.2, -0.15) is 0 Å². The van der Waals surface area contributed by atoms with Gasteiger partial charge in [0.05, 0.1) is 0 Å². The molecule has 14 heavy (non-hydrogen) atoms. The molecule has 0 aliphatic heterocycles. The van der Waals surface area contributed by atoms with Crippen LogP contribution in [0.15, 0.2) is 0 Å². The summed E-state index contributed by atoms with van der Waals surface area (Å²) >= 11 is 0. The van der Waals surface area contributed by atoms with Crippen molar-refractivity contribution in [2.75, 3.05) is 13.1 Å². The Hall–Kier alpha value is -0.120. The average molecular weight is 202 g/mol. The minimum atomic E-state index is -0.660. The van der Waals surface area contributed by atoms with Gasteiger partial charge in [0.2, 0.25) is 0 Å². The Morgan fingerprint density at radius 2 is 1.71 bits per heavy atom. The summed E-state index contributed by atoms with van der Waals surface area (Å²) in [6, 6.07) is 0. The Balaban J connectivity index is 2.85. The SMILES string of the molecule is CCCCCCCCNCCC(N)O. The summed E-state index contributed by atoms with van der Waals surface area (Å²) in [7, 11) is 0. The summed E-state index contributed by atoms with van der Waals surface area (Å²) in [4.78, 5) is 0. The molecule has 4 N–H and O–H groups in total. The lowest BCUT2D eigenvalue weighted by Crippen LogP contribution is -2.26. The zero-order valence-corrected chi connectivity index (χ0v) is 9.47. The molecule has 0 amide bonds. The molecule has 3 heteroatoms. The van der Waals surface area contributed by atoms with Crippen molar-refractivity contribution in [1.29, 1.82) is 0 Å². The van der Waals surface area contributed by atoms with Gasteiger partial charge in [-0.25, -0.2) is 0 Å². The van der Waals surface area contributed by atoms with Gasteiger partial charge in [0.15, 0.2) is 0 Å². The van der Waals surface area contributed by atoms with E-state index in [1.54, 1.807) is 0 Å². The molecule has 0 aromatic rings. The number of nitrogens with one attached hydrogen (secondary N) is 1. The molecule has 1 unspecified atom stereocenters. The van der Waals surface area contributed by atoms with Crippen LogP contribution in [0.2, 0.25) is 0 Å². The molecule has 0 bridgehead atoms. The minimum absolute atomic E-state index is 0.649. The van der Waals surface area contributed by atoms with Crippen LogP contribution in [0.25, 0.3) is 0 Å². The van der Waals surface area contributed by atoms with Crippen LogP contribution in [0.1, 0.15) is 51.9 Å². The standard InChI is InChI=1S/C11H26N2O/c1-2-3-4-5-6-7-9-13-10-8-11(12)14/h11,13-14H,2-10,12H2,1H3. The highest BCUT2D eigenvalue weighted by Gasteiger charge is 1.94. The maximum absolute atomic E-state index is 8.79. The molecule has 0 aliphatic carbocycles. The van der Waals surface area contributed by atoms with Crippen LogP contribution in [-0.4, -0.2) is 24.4 Å². The second-order valence-corrected chi connectivity index (χ2v) is 3.87. The lowest BCUT2D eigenvalue weighted by atomic mass is 10.1. The summed E-state index contributed by atoms with van der Waals surface area (Å²) in [5, 5.41) is 12.1. The molecule has 3 nitrogen and oxygen atoms in total. The molecule has 86 valence electrons. The third kappa shape index (κ3) is 11.9. The third-order valence-electron chi connectivity index (χ3n) is 2.32. The summed E-state index contributed by atoms with van der Waals surface area (Å²) in [6.07, 6.45) is 7.96. The zero-order valence-electron chi connectivity index (χ0n) is 9.47. The lowest BCUT2D eigenvalue weighted by molar-refractivity contribution is 0.171. The van der Waals surface area contributed by atoms with Gasteiger partial charge in [0.1, 0.15) is 6.23 Å². The highest BCUT2D eigenvalue weighted by atomic mass is 16.3. The van der Waals surface area contributed by atoms with Crippen molar-refractivity contribution < 1.29 is 5.11 Å². The predicted octanol–water partition coefficient (Wildman–Crippen LogP) is 1.60. The van der Waals surface area contributed by atoms with E-state index in [1.165, 1.54) is 38.5 Å². The number of hydrogen-bond acceptors (Lipinski definition) is 3. The Morgan fingerprint density at radius 3 is 2.36 bits per heavy atom. The van der Waals surface area contributed by atoms with Crippen molar-refractivity contribution >= 4 is 0 Å². The van der Waals surface area contributed by atoms with Crippen molar-refractivity contribution in [3.8, 4) is 0 Å². The van der Waals surface area contributed by atoms with E-state index in [4.69, 9.17) is 10.8 Å². The van der Waals surface area contributed by atoms with Crippen molar-refractivity contribution in [2.24, 2.45) is 5.73 Å². The number of unbranched alkanes of at least 4 members (excludes halogenated alkanes) is 5. The van der Waals surface area contributed by atoms with Crippen molar-refractivity contribution in [3.63, 3.8) is 0 Å². The Labute approximate surface area is 88.1 Å². The fraction of sp³-hybridized carbons (Fsp3) is 1.00. The smallest absolute Gasteiger partial charge is 0.103 e. The van der Waals surface area contributed by atoms with Crippen LogP contribution in [0.5, 0.6) is 0 Å². The first-order valence-electron chi connectivity index (χ1n) is 5.91. The molecule has 0 saturated heterocycles. The molecule has 0 radical (unpaired) electrons. The van der Waals surface area contributed by atoms with E-state index in [0.29, 0.717) is 6.42 Å². The van der Waals surface area contributed by atoms with Gasteiger partial charge < -0.3 is 16.2 Å². The monoisotopic (exact) mass is 202 g/mol. The number of rotatable bonds is 10. The third-order valence-corrected chi connectivity index (χ3v) is 2.32. The van der Waals surface area contributed by atoms with Gasteiger partial charge >= 0.3 is 0 Å². The molecule has 0 aromatic carbocycles. The number of hydrogen-bond donors (Lipinski definition) is 3. The average Bonchev–Trinajstić information content (AvgIpc) is 2.15. The summed E-state index contributed by atoms with van der Waals surface area (Å²) in [5.74, 6) is 0. The summed E-state index contributed by atoms with van der Waals surface area (Å²) in [5.41, 5.74) is 5.20. The van der Waals surface area contributed by atoms with E-state index in [2.05, 4.69) is 12.2 Å². The van der Waals surface area contributed by atoms with Gasteiger partial charge in [-0.05, 0) is 25.9 Å². The van der Waals surface area contributed by atoms with E-state index in [-0.39, 0.29) is 0 Å². The molecule has 0 aliphatic rings. The largest absolute Gasteiger partial charge is 0.379 e. The second kappa shape index (κ2) is 11.0. The molecular weight excluding hydrogens is 176 g/mol. The van der Waals surface area contributed by atoms with Gasteiger partial charge in [-0.15, -0.1) is 0 Å². The Morgan fingerprint density at radius 1 is 1.07 bits per heavy atom. The van der Waals surface area contributed by atoms with Crippen molar-refractivity contribution in [3.05, 3.63) is 0 Å². The summed E-state index contributed by atoms with van der Waals surface area (Å²) in [6.45, 7) is 4.12. The van der Waals surface area contributed by atoms with Crippen LogP contribution in [0, 0.1) is 0 Å². The predicted molar refractivity (Wildman–Crippen MR) is 61.1 cm³/mol. The number of nitrogens with two attached hydrogens (primary N) is 1. The highest BCUT2D eigenvalue weighted by Crippen LogP contribution is 2.03. The van der Waals surface area contributed by atoms with Crippen LogP contribution in [0.3, 0.4) is 0 Å². The highest BCUT2D eigenvalue weighted by molar-refractivity contribution is 4.52. The number of aliphatic hydroxyl groups excluding tert-OH is 1. The van der Waals surface area contributed by atoms with E-state index in [1.807, 2.05) is 0 Å². The van der Waals surface area contributed by atoms with Gasteiger partial charge in [-0.3, -0.25) is 0 Å². The molecule has 0 fully saturated rings.